The van der Waals surface area contributed by atoms with Crippen LogP contribution < -0.4 is 18.9 Å². The minimum Gasteiger partial charge on any atom is -2.00 e. The van der Waals surface area contributed by atoms with Crippen LogP contribution in [-0.2, 0) is 46.7 Å². The standard InChI is InChI=1S/Li.O.Ti.Zn/q+1;-2;+4;+2. The Hall–Kier alpha value is 1.90. The third kappa shape index (κ3) is 9.09. The predicted molar refractivity (Wildman–Crippen MR) is 0.686 cm³/mol. The van der Waals surface area contributed by atoms with Crippen LogP contribution >= 0.6 is 0 Å². The summed E-state index contributed by atoms with van der Waals surface area (Å²) in [6.45, 7) is 0. The fourth-order valence-corrected chi connectivity index (χ4v) is 0. The monoisotopic (exact) mass is 135 g/mol. The second kappa shape index (κ2) is 20.7. The molecule has 0 heterocycles. The zero-order valence-electron chi connectivity index (χ0n) is 2.62. The van der Waals surface area contributed by atoms with E-state index in [1.807, 2.05) is 0 Å². The van der Waals surface area contributed by atoms with Crippen LogP contribution in [0.3, 0.4) is 0 Å². The van der Waals surface area contributed by atoms with Gasteiger partial charge in [-0.3, -0.25) is 0 Å². The van der Waals surface area contributed by atoms with Crippen LogP contribution in [-0.4, -0.2) is 0 Å². The van der Waals surface area contributed by atoms with Gasteiger partial charge in [0.15, 0.2) is 0 Å². The first-order valence-corrected chi connectivity index (χ1v) is 0. The van der Waals surface area contributed by atoms with Crippen LogP contribution in [0.2, 0.25) is 0 Å². The summed E-state index contributed by atoms with van der Waals surface area (Å²) in [6, 6.07) is 0. The quantitative estimate of drug-likeness (QED) is 0.315. The van der Waals surface area contributed by atoms with Gasteiger partial charge in [0.1, 0.15) is 0 Å². The Morgan fingerprint density at radius 3 is 1.00 bits per heavy atom. The fraction of sp³-hybridized carbons (Fsp3) is 0. The van der Waals surface area contributed by atoms with Crippen LogP contribution in [0.5, 0.6) is 0 Å². The van der Waals surface area contributed by atoms with E-state index in [1.54, 1.807) is 0 Å². The Balaban J connectivity index is 0. The van der Waals surface area contributed by atoms with Crippen molar-refractivity contribution >= 4 is 0 Å². The zero-order chi connectivity index (χ0) is 0. The second-order valence-corrected chi connectivity index (χ2v) is 0. The summed E-state index contributed by atoms with van der Waals surface area (Å²) in [5.41, 5.74) is 0. The summed E-state index contributed by atoms with van der Waals surface area (Å²) in [6.07, 6.45) is 0. The van der Waals surface area contributed by atoms with Gasteiger partial charge in [-0.1, -0.05) is 0 Å². The molecule has 0 aromatic rings. The van der Waals surface area contributed by atoms with E-state index in [2.05, 4.69) is 0 Å². The molecule has 1 nitrogen and oxygen atoms in total. The minimum absolute atomic E-state index is 0. The molecule has 0 saturated heterocycles. The Morgan fingerprint density at radius 2 is 1.00 bits per heavy atom. The van der Waals surface area contributed by atoms with Gasteiger partial charge < -0.3 is 5.48 Å². The first-order chi connectivity index (χ1) is 0. The molecular formula is LiOTiZn+5. The van der Waals surface area contributed by atoms with Crippen molar-refractivity contribution < 1.29 is 65.5 Å². The second-order valence-electron chi connectivity index (χ2n) is 0. The normalized spacial score (nSPS) is 0. The molecule has 0 aromatic heterocycles. The van der Waals surface area contributed by atoms with Crippen molar-refractivity contribution in [3.8, 4) is 0 Å². The molecule has 0 unspecified atom stereocenters. The van der Waals surface area contributed by atoms with Crippen molar-refractivity contribution in [2.45, 2.75) is 0 Å². The molecule has 0 atom stereocenters. The van der Waals surface area contributed by atoms with Gasteiger partial charge in [0, 0.05) is 0 Å². The summed E-state index contributed by atoms with van der Waals surface area (Å²) in [4.78, 5) is 0. The SMILES string of the molecule is [Li+].[O-2].[Ti+4].[Zn+2]. The maximum absolute atomic E-state index is 0. The van der Waals surface area contributed by atoms with Crippen LogP contribution in [0.4, 0.5) is 0 Å². The molecule has 4 heteroatoms. The predicted octanol–water partition coefficient (Wildman–Crippen LogP) is -3.12. The van der Waals surface area contributed by atoms with Crippen molar-refractivity contribution in [3.63, 3.8) is 0 Å². The van der Waals surface area contributed by atoms with Gasteiger partial charge in [0.2, 0.25) is 0 Å². The molecule has 0 aliphatic carbocycles. The van der Waals surface area contributed by atoms with E-state index in [4.69, 9.17) is 0 Å². The smallest absolute Gasteiger partial charge is 2.00 e. The Bertz CT molecular complexity index is 8.00. The van der Waals surface area contributed by atoms with Gasteiger partial charge in [0.25, 0.3) is 0 Å². The first-order valence-electron chi connectivity index (χ1n) is 0. The van der Waals surface area contributed by atoms with Gasteiger partial charge >= 0.3 is 60.1 Å². The molecule has 0 saturated carbocycles. The molecule has 0 rings (SSSR count). The van der Waals surface area contributed by atoms with Crippen molar-refractivity contribution in [3.05, 3.63) is 0 Å². The summed E-state index contributed by atoms with van der Waals surface area (Å²) >= 11 is 0. The molecule has 0 fully saturated rings. The zero-order valence-corrected chi connectivity index (χ0v) is 7.14. The topological polar surface area (TPSA) is 28.5 Å². The van der Waals surface area contributed by atoms with Crippen molar-refractivity contribution in [1.29, 1.82) is 0 Å². The third-order valence-corrected chi connectivity index (χ3v) is 0. The van der Waals surface area contributed by atoms with E-state index in [0.29, 0.717) is 0 Å². The molecule has 8 valence electrons. The maximum Gasteiger partial charge on any atom is 4.00 e. The van der Waals surface area contributed by atoms with Crippen LogP contribution in [0.25, 0.3) is 0 Å². The van der Waals surface area contributed by atoms with Gasteiger partial charge in [-0.2, -0.15) is 0 Å². The largest absolute Gasteiger partial charge is 4.00 e. The van der Waals surface area contributed by atoms with Crippen LogP contribution in [0.15, 0.2) is 0 Å². The number of rotatable bonds is 0. The van der Waals surface area contributed by atoms with E-state index in [1.165, 1.54) is 0 Å². The summed E-state index contributed by atoms with van der Waals surface area (Å²) in [5, 5.41) is 0. The average Bonchev–Trinajstić information content (AvgIpc) is 0. The summed E-state index contributed by atoms with van der Waals surface area (Å²) in [5.74, 6) is 0. The summed E-state index contributed by atoms with van der Waals surface area (Å²) < 4.78 is 0. The van der Waals surface area contributed by atoms with E-state index in [9.17, 15) is 0 Å². The Morgan fingerprint density at radius 1 is 1.00 bits per heavy atom. The third-order valence-electron chi connectivity index (χ3n) is 0. The number of hydrogen-bond acceptors (Lipinski definition) is 0. The van der Waals surface area contributed by atoms with E-state index in [-0.39, 0.29) is 65.5 Å². The molecule has 4 heavy (non-hydrogen) atoms. The minimum atomic E-state index is 0. The Kier molecular flexibility index (Phi) is 203. The van der Waals surface area contributed by atoms with Gasteiger partial charge in [-0.05, 0) is 0 Å². The van der Waals surface area contributed by atoms with Crippen molar-refractivity contribution in [1.82, 2.24) is 0 Å². The van der Waals surface area contributed by atoms with E-state index < -0.39 is 0 Å². The molecule has 0 radical (unpaired) electrons. The summed E-state index contributed by atoms with van der Waals surface area (Å²) in [7, 11) is 0. The molecular weight excluding hydrogens is 136 g/mol. The van der Waals surface area contributed by atoms with E-state index in [0.717, 1.165) is 0 Å². The molecule has 0 bridgehead atoms. The average molecular weight is 136 g/mol. The molecule has 0 aliphatic heterocycles. The van der Waals surface area contributed by atoms with Crippen molar-refractivity contribution in [2.24, 2.45) is 0 Å². The van der Waals surface area contributed by atoms with Gasteiger partial charge in [-0.15, -0.1) is 0 Å². The Labute approximate surface area is 65.0 Å². The van der Waals surface area contributed by atoms with Gasteiger partial charge in [-0.25, -0.2) is 0 Å². The van der Waals surface area contributed by atoms with Crippen LogP contribution in [0.1, 0.15) is 0 Å². The van der Waals surface area contributed by atoms with E-state index >= 15 is 0 Å². The van der Waals surface area contributed by atoms with Crippen LogP contribution in [0, 0.1) is 0 Å². The molecule has 0 spiro atoms. The maximum atomic E-state index is 0. The molecule has 0 amide bonds. The fourth-order valence-electron chi connectivity index (χ4n) is 0. The molecule has 0 aliphatic rings. The first kappa shape index (κ1) is 39.3. The van der Waals surface area contributed by atoms with Crippen molar-refractivity contribution in [2.75, 3.05) is 0 Å². The van der Waals surface area contributed by atoms with Gasteiger partial charge in [0.05, 0.1) is 0 Å². The molecule has 0 N–H and O–H groups in total. The molecule has 0 aromatic carbocycles. The number of hydrogen-bond donors (Lipinski definition) is 0.